The predicted octanol–water partition coefficient (Wildman–Crippen LogP) is 7.53. The van der Waals surface area contributed by atoms with Crippen LogP contribution in [0.4, 0.5) is 0 Å². The van der Waals surface area contributed by atoms with Crippen LogP contribution in [-0.4, -0.2) is 254 Å². The number of hydrogen-bond donors (Lipinski definition) is 15. The number of allylic oxidation sites excluding steroid dienone is 1. The fourth-order valence-corrected chi connectivity index (χ4v) is 16.5. The van der Waals surface area contributed by atoms with Gasteiger partial charge in [0.15, 0.2) is 15.6 Å². The number of carbonyl (C=O) groups is 7. The fraction of sp³-hybridized carbons (Fsp3) is 0.878. The van der Waals surface area contributed by atoms with Crippen LogP contribution in [0.3, 0.4) is 0 Å². The first kappa shape index (κ1) is 130. The zero-order chi connectivity index (χ0) is 96.8. The van der Waals surface area contributed by atoms with Crippen LogP contribution in [0.25, 0.3) is 0 Å². The van der Waals surface area contributed by atoms with Gasteiger partial charge in [0.05, 0.1) is 33.4 Å². The second kappa shape index (κ2) is 68.1. The van der Waals surface area contributed by atoms with E-state index >= 15 is 0 Å². The Bertz CT molecular complexity index is 3170. The maximum Gasteiger partial charge on any atom is 0.226 e. The lowest BCUT2D eigenvalue weighted by Gasteiger charge is -2.33. The van der Waals surface area contributed by atoms with Crippen LogP contribution >= 0.6 is 0 Å². The van der Waals surface area contributed by atoms with Crippen molar-refractivity contribution < 1.29 is 74.5 Å². The van der Waals surface area contributed by atoms with Crippen molar-refractivity contribution in [1.82, 2.24) is 16.0 Å². The second-order valence-corrected chi connectivity index (χ2v) is 46.6. The maximum atomic E-state index is 11.5. The van der Waals surface area contributed by atoms with E-state index in [0.717, 1.165) is 114 Å². The zero-order valence-electron chi connectivity index (χ0n) is 81.5. The number of aliphatic hydroxyl groups is 1. The number of carbonyl (C=O) groups excluding carboxylic acids is 7. The number of nitrogens with two attached hydrogens (primary N) is 11. The monoisotopic (exact) mass is 1820 g/mol. The summed E-state index contributed by atoms with van der Waals surface area (Å²) >= 11 is 0. The molecule has 3 amide bonds. The smallest absolute Gasteiger partial charge is 0.226 e. The van der Waals surface area contributed by atoms with Crippen LogP contribution in [0.1, 0.15) is 272 Å². The normalized spacial score (nSPS) is 19.5. The van der Waals surface area contributed by atoms with E-state index in [-0.39, 0.29) is 75.6 Å². The lowest BCUT2D eigenvalue weighted by atomic mass is 9.86. The van der Waals surface area contributed by atoms with Crippen LogP contribution in [0, 0.1) is 55.2 Å². The number of rotatable bonds is 41. The van der Waals surface area contributed by atoms with E-state index < -0.39 is 49.9 Å². The first-order valence-corrected chi connectivity index (χ1v) is 50.7. The molecule has 0 bridgehead atoms. The standard InChI is InChI=1S/C10H22N2O.C10H19NO2.C9H20N2O.C9H19NO2.C9H19NO.C8H18N2O.C8H17NO2.C7H15NO3S.C7H15NOS.C7H13NO.C6H13NOS/c1-4-5-6-7-12-9(13)10(2,3)8-11;1-8(12)4-5-9(13)6-10(2,3)7-11;1-4-5-6-11-8(12)9(2,3)7-10;1-9(2,7-10)6-8(11)4-5-12-3;1-4-5-8(11)6-9(2,3)7-10;1-4-5-10-7(11)8(2,3)6-9;1-8(2,6-9)4-7(10)5-11-3;1-12(9,10)7(6-8)2-4-11-5-3-7;1-10(9)4-2-7(6-8)3-5-10;8-6-5-7(6)1-3-9-4-2-7;1-9(8)3-2-6(4-7)5-9/h4-8,11H2,1-3H3,(H,12,13);12H,1,4-7,11H2,2-3H3;4-7,10H2,1-3H3,(H,11,12);4-7,10H2,1-3H3;4-7,10H2,1-3H3;4-6,9H2,1-3H3,(H,10,11);4-6,9H2,1-3H3;2-6,8H2,1H3;7H,1-6,8H2;6H,1-5,8H2;6H,1-5,7H2. The number of sulfone groups is 1. The predicted molar refractivity (Wildman–Crippen MR) is 517 cm³/mol. The van der Waals surface area contributed by atoms with Crippen LogP contribution in [0.15, 0.2) is 12.3 Å². The van der Waals surface area contributed by atoms with Crippen molar-refractivity contribution in [2.24, 2.45) is 118 Å². The lowest BCUT2D eigenvalue weighted by Crippen LogP contribution is -2.49. The van der Waals surface area contributed by atoms with E-state index in [1.54, 1.807) is 7.11 Å². The molecular weight excluding hydrogens is 1630 g/mol. The van der Waals surface area contributed by atoms with Gasteiger partial charge in [-0.2, -0.15) is 0 Å². The molecule has 5 aliphatic rings. The van der Waals surface area contributed by atoms with E-state index in [0.29, 0.717) is 165 Å². The van der Waals surface area contributed by atoms with Gasteiger partial charge >= 0.3 is 0 Å². The zero-order valence-corrected chi connectivity index (χ0v) is 84.0. The minimum absolute atomic E-state index is 0.00769. The summed E-state index contributed by atoms with van der Waals surface area (Å²) in [6.45, 7) is 49.5. The van der Waals surface area contributed by atoms with Crippen LogP contribution < -0.4 is 79.0 Å². The first-order valence-electron chi connectivity index (χ1n) is 44.7. The third-order valence-corrected chi connectivity index (χ3v) is 28.2. The van der Waals surface area contributed by atoms with Gasteiger partial charge in [-0.1, -0.05) is 109 Å². The number of ether oxygens (including phenoxy) is 4. The van der Waals surface area contributed by atoms with Gasteiger partial charge in [-0.3, -0.25) is 42.0 Å². The van der Waals surface area contributed by atoms with Crippen molar-refractivity contribution in [3.05, 3.63) is 12.3 Å². The second-order valence-electron chi connectivity index (χ2n) is 38.8. The number of unbranched alkanes of at least 4 members (excludes halogenated alkanes) is 3. The molecule has 734 valence electrons. The molecule has 4 aliphatic heterocycles. The molecule has 5 rings (SSSR count). The first-order chi connectivity index (χ1) is 56.7. The summed E-state index contributed by atoms with van der Waals surface area (Å²) in [5, 5.41) is 17.3. The largest absolute Gasteiger partial charge is 0.513 e. The molecule has 4 saturated heterocycles. The Kier molecular flexibility index (Phi) is 71.9. The van der Waals surface area contributed by atoms with Crippen LogP contribution in [0.2, 0.25) is 0 Å². The topological polar surface area (TPSA) is 567 Å². The molecule has 0 aromatic carbocycles. The van der Waals surface area contributed by atoms with Gasteiger partial charge in [-0.15, -0.1) is 0 Å². The van der Waals surface area contributed by atoms with Crippen molar-refractivity contribution in [3.63, 3.8) is 0 Å². The summed E-state index contributed by atoms with van der Waals surface area (Å²) < 4.78 is 64.4. The Labute approximate surface area is 749 Å². The van der Waals surface area contributed by atoms with E-state index in [9.17, 15) is 50.4 Å². The number of Topliss-reactive ketones (excluding diaryl/α,β-unsaturated/α-hetero) is 4. The van der Waals surface area contributed by atoms with Crippen molar-refractivity contribution in [1.29, 1.82) is 0 Å². The average Bonchev–Trinajstić information content (AvgIpc) is 1.51. The Hall–Kier alpha value is -3.98. The highest BCUT2D eigenvalue weighted by Gasteiger charge is 2.52. The summed E-state index contributed by atoms with van der Waals surface area (Å²) in [4.78, 5) is 78.9. The number of nitrogens with one attached hydrogen (secondary N) is 3. The highest BCUT2D eigenvalue weighted by atomic mass is 32.2. The summed E-state index contributed by atoms with van der Waals surface area (Å²) in [5.41, 5.74) is 59.4. The minimum atomic E-state index is -3.04. The summed E-state index contributed by atoms with van der Waals surface area (Å²) in [5.74, 6) is 12.6. The van der Waals surface area contributed by atoms with Gasteiger partial charge in [0.2, 0.25) is 17.7 Å². The SMILES string of the molecule is C=C(O)CCC(=O)CC(C)(C)CN.C=S1(=O)CCC(CN)C1.C=S1(=O)CCC(CN)CC1.CCCC(=O)CC(C)(C)CN.CCCCCNC(=O)C(C)(C)CN.CCCCNC(=O)C(C)(C)CN.CCCNC(=O)C(C)(C)CN.COCC(=O)CC(C)(C)CN.COCCC(=O)CC(C)(C)CN.CS(=O)(=O)C1(CN)CCOCC1.NC1CC12CCOCC2. The number of methoxy groups -OCH3 is 2. The van der Waals surface area contributed by atoms with Gasteiger partial charge in [-0.25, -0.2) is 8.42 Å². The molecule has 0 radical (unpaired) electrons. The molecule has 1 spiro atoms. The molecular formula is C90H190N14O16S3. The van der Waals surface area contributed by atoms with Gasteiger partial charge < -0.3 is 103 Å². The van der Waals surface area contributed by atoms with Crippen LogP contribution in [-0.2, 0) is 81.4 Å². The number of ketones is 4. The Morgan fingerprint density at radius 3 is 1.10 bits per heavy atom. The molecule has 1 aliphatic carbocycles. The third-order valence-electron chi connectivity index (χ3n) is 22.0. The Morgan fingerprint density at radius 1 is 0.472 bits per heavy atom. The minimum Gasteiger partial charge on any atom is -0.513 e. The van der Waals surface area contributed by atoms with Gasteiger partial charge in [-0.05, 0) is 228 Å². The number of hydrogen-bond acceptors (Lipinski definition) is 27. The van der Waals surface area contributed by atoms with Crippen LogP contribution in [0.5, 0.6) is 0 Å². The molecule has 0 aromatic rings. The van der Waals surface area contributed by atoms with Gasteiger partial charge in [0, 0.05) is 173 Å². The average molecular weight is 1820 g/mol. The Morgan fingerprint density at radius 2 is 0.821 bits per heavy atom. The van der Waals surface area contributed by atoms with Crippen molar-refractivity contribution in [2.45, 2.75) is 283 Å². The molecule has 3 unspecified atom stereocenters. The fourth-order valence-electron chi connectivity index (χ4n) is 11.5. The van der Waals surface area contributed by atoms with E-state index in [2.05, 4.69) is 48.1 Å². The highest BCUT2D eigenvalue weighted by molar-refractivity contribution is 8.00. The molecule has 1 saturated carbocycles. The van der Waals surface area contributed by atoms with Crippen molar-refractivity contribution in [3.8, 4) is 0 Å². The summed E-state index contributed by atoms with van der Waals surface area (Å²) in [6.07, 6.45) is 20.5. The molecule has 26 N–H and O–H groups in total. The molecule has 3 atom stereocenters. The van der Waals surface area contributed by atoms with Gasteiger partial charge in [0.25, 0.3) is 0 Å². The van der Waals surface area contributed by atoms with E-state index in [4.69, 9.17) is 87.1 Å². The molecule has 5 fully saturated rings. The maximum absolute atomic E-state index is 11.5. The molecule has 0 aromatic heterocycles. The lowest BCUT2D eigenvalue weighted by molar-refractivity contribution is -0.129. The van der Waals surface area contributed by atoms with E-state index in [1.165, 1.54) is 45.5 Å². The highest BCUT2D eigenvalue weighted by Crippen LogP contribution is 2.52. The molecule has 30 nitrogen and oxygen atoms in total. The Balaban J connectivity index is -0.000000306. The van der Waals surface area contributed by atoms with E-state index in [1.807, 2.05) is 111 Å². The van der Waals surface area contributed by atoms with Crippen molar-refractivity contribution in [2.75, 3.05) is 168 Å². The molecule has 33 heteroatoms. The third kappa shape index (κ3) is 67.8. The summed E-state index contributed by atoms with van der Waals surface area (Å²) in [7, 11) is -3.29. The number of amides is 3. The van der Waals surface area contributed by atoms with Gasteiger partial charge in [0.1, 0.15) is 24.0 Å². The van der Waals surface area contributed by atoms with Crippen molar-refractivity contribution >= 4 is 81.5 Å². The molecule has 4 heterocycles. The molecule has 123 heavy (non-hydrogen) atoms. The quantitative estimate of drug-likeness (QED) is 0.0160. The summed E-state index contributed by atoms with van der Waals surface area (Å²) in [6, 6.07) is 0.501. The number of aliphatic hydroxyl groups excluding tert-OH is 1.